The van der Waals surface area contributed by atoms with Crippen molar-refractivity contribution in [2.45, 2.75) is 50.6 Å². The van der Waals surface area contributed by atoms with E-state index in [4.69, 9.17) is 0 Å². The fourth-order valence-electron chi connectivity index (χ4n) is 3.82. The zero-order chi connectivity index (χ0) is 14.1. The van der Waals surface area contributed by atoms with E-state index in [0.717, 1.165) is 25.7 Å². The van der Waals surface area contributed by atoms with Crippen molar-refractivity contribution in [3.8, 4) is 0 Å². The lowest BCUT2D eigenvalue weighted by atomic mass is 10.0. The van der Waals surface area contributed by atoms with Crippen LogP contribution in [0, 0.1) is 0 Å². The first-order valence-corrected chi connectivity index (χ1v) is 8.21. The number of benzene rings is 1. The number of carboxylic acids is 1. The highest BCUT2D eigenvalue weighted by molar-refractivity contribution is 9.10. The smallest absolute Gasteiger partial charge is 0.317 e. The Balaban J connectivity index is 1.89. The Kier molecular flexibility index (Phi) is 4.13. The minimum atomic E-state index is -0.708. The number of carbonyl (C=O) groups is 1. The first kappa shape index (κ1) is 14.1. The van der Waals surface area contributed by atoms with Crippen LogP contribution in [0.4, 0.5) is 0 Å². The zero-order valence-electron chi connectivity index (χ0n) is 11.5. The Bertz CT molecular complexity index is 511. The van der Waals surface area contributed by atoms with E-state index < -0.39 is 5.97 Å². The molecule has 0 amide bonds. The second-order valence-corrected chi connectivity index (χ2v) is 6.72. The van der Waals surface area contributed by atoms with Gasteiger partial charge in [-0.3, -0.25) is 9.69 Å². The molecule has 0 aliphatic heterocycles. The van der Waals surface area contributed by atoms with Gasteiger partial charge in [-0.15, -0.1) is 0 Å². The third-order valence-corrected chi connectivity index (χ3v) is 5.44. The van der Waals surface area contributed by atoms with Gasteiger partial charge in [0.15, 0.2) is 0 Å². The van der Waals surface area contributed by atoms with Crippen LogP contribution in [-0.4, -0.2) is 28.6 Å². The molecular weight excluding hydrogens is 318 g/mol. The summed E-state index contributed by atoms with van der Waals surface area (Å²) in [6.07, 6.45) is 6.85. The van der Waals surface area contributed by atoms with Crippen LogP contribution < -0.4 is 0 Å². The van der Waals surface area contributed by atoms with Gasteiger partial charge in [0.25, 0.3) is 0 Å². The third kappa shape index (κ3) is 2.63. The molecule has 1 unspecified atom stereocenters. The van der Waals surface area contributed by atoms with Crippen LogP contribution in [0.15, 0.2) is 22.7 Å². The van der Waals surface area contributed by atoms with Gasteiger partial charge in [-0.25, -0.2) is 0 Å². The topological polar surface area (TPSA) is 40.5 Å². The molecule has 0 heterocycles. The van der Waals surface area contributed by atoms with Crippen molar-refractivity contribution in [1.29, 1.82) is 0 Å². The molecule has 0 radical (unpaired) electrons. The van der Waals surface area contributed by atoms with Gasteiger partial charge in [-0.05, 0) is 42.9 Å². The summed E-state index contributed by atoms with van der Waals surface area (Å²) >= 11 is 3.62. The van der Waals surface area contributed by atoms with E-state index in [1.807, 2.05) is 0 Å². The lowest BCUT2D eigenvalue weighted by Crippen LogP contribution is -2.39. The van der Waals surface area contributed by atoms with Crippen molar-refractivity contribution in [2.24, 2.45) is 0 Å². The maximum Gasteiger partial charge on any atom is 0.317 e. The average molecular weight is 338 g/mol. The molecular formula is C16H20BrNO2. The first-order chi connectivity index (χ1) is 9.66. The molecule has 0 saturated heterocycles. The Morgan fingerprint density at radius 2 is 2.05 bits per heavy atom. The molecule has 1 aromatic carbocycles. The van der Waals surface area contributed by atoms with Gasteiger partial charge < -0.3 is 5.11 Å². The largest absolute Gasteiger partial charge is 0.480 e. The number of hydrogen-bond acceptors (Lipinski definition) is 2. The van der Waals surface area contributed by atoms with Crippen LogP contribution in [-0.2, 0) is 11.2 Å². The number of aliphatic carboxylic acids is 1. The van der Waals surface area contributed by atoms with Crippen LogP contribution in [0.5, 0.6) is 0 Å². The highest BCUT2D eigenvalue weighted by Crippen LogP contribution is 2.41. The highest BCUT2D eigenvalue weighted by atomic mass is 79.9. The van der Waals surface area contributed by atoms with Crippen molar-refractivity contribution in [2.75, 3.05) is 6.54 Å². The van der Waals surface area contributed by atoms with Gasteiger partial charge in [0.2, 0.25) is 0 Å². The fourth-order valence-corrected chi connectivity index (χ4v) is 4.40. The van der Waals surface area contributed by atoms with Crippen LogP contribution in [0.1, 0.15) is 49.3 Å². The first-order valence-electron chi connectivity index (χ1n) is 7.41. The Labute approximate surface area is 128 Å². The Morgan fingerprint density at radius 1 is 1.30 bits per heavy atom. The van der Waals surface area contributed by atoms with Gasteiger partial charge in [0.1, 0.15) is 0 Å². The van der Waals surface area contributed by atoms with Crippen LogP contribution in [0.25, 0.3) is 0 Å². The minimum Gasteiger partial charge on any atom is -0.480 e. The summed E-state index contributed by atoms with van der Waals surface area (Å²) in [5, 5.41) is 9.26. The van der Waals surface area contributed by atoms with E-state index in [9.17, 15) is 9.90 Å². The van der Waals surface area contributed by atoms with E-state index in [-0.39, 0.29) is 12.6 Å². The highest BCUT2D eigenvalue weighted by Gasteiger charge is 2.35. The summed E-state index contributed by atoms with van der Waals surface area (Å²) in [7, 11) is 0. The van der Waals surface area contributed by atoms with E-state index in [1.54, 1.807) is 0 Å². The van der Waals surface area contributed by atoms with Gasteiger partial charge in [0, 0.05) is 16.6 Å². The molecule has 0 bridgehead atoms. The van der Waals surface area contributed by atoms with Crippen molar-refractivity contribution >= 4 is 21.9 Å². The molecule has 4 heteroatoms. The van der Waals surface area contributed by atoms with E-state index in [2.05, 4.69) is 39.0 Å². The molecule has 1 saturated carbocycles. The minimum absolute atomic E-state index is 0.168. The average Bonchev–Trinajstić information content (AvgIpc) is 3.06. The molecule has 1 aromatic rings. The van der Waals surface area contributed by atoms with Crippen LogP contribution in [0.3, 0.4) is 0 Å². The standard InChI is InChI=1S/C16H20BrNO2/c17-14-7-3-6-13-12(14)8-9-15(13)18(10-16(19)20)11-4-1-2-5-11/h3,6-7,11,15H,1-2,4-5,8-10H2,(H,19,20). The molecule has 0 aromatic heterocycles. The SMILES string of the molecule is O=C(O)CN(C1CCCC1)C1CCc2c(Br)cccc21. The molecule has 2 aliphatic carbocycles. The lowest BCUT2D eigenvalue weighted by molar-refractivity contribution is -0.139. The predicted octanol–water partition coefficient (Wildman–Crippen LogP) is 3.77. The number of hydrogen-bond donors (Lipinski definition) is 1. The molecule has 0 spiro atoms. The van der Waals surface area contributed by atoms with E-state index in [0.29, 0.717) is 6.04 Å². The van der Waals surface area contributed by atoms with Gasteiger partial charge in [-0.1, -0.05) is 40.9 Å². The lowest BCUT2D eigenvalue weighted by Gasteiger charge is -2.33. The molecule has 2 aliphatic rings. The number of nitrogens with zero attached hydrogens (tertiary/aromatic N) is 1. The molecule has 1 atom stereocenters. The predicted molar refractivity (Wildman–Crippen MR) is 81.8 cm³/mol. The second-order valence-electron chi connectivity index (χ2n) is 5.87. The molecule has 1 fully saturated rings. The Hall–Kier alpha value is -0.870. The summed E-state index contributed by atoms with van der Waals surface area (Å²) in [5.74, 6) is -0.708. The maximum absolute atomic E-state index is 11.3. The van der Waals surface area contributed by atoms with Crippen molar-refractivity contribution in [3.05, 3.63) is 33.8 Å². The van der Waals surface area contributed by atoms with E-state index >= 15 is 0 Å². The fraction of sp³-hybridized carbons (Fsp3) is 0.562. The van der Waals surface area contributed by atoms with Crippen LogP contribution in [0.2, 0.25) is 0 Å². The summed E-state index contributed by atoms with van der Waals surface area (Å²) < 4.78 is 1.17. The zero-order valence-corrected chi connectivity index (χ0v) is 13.1. The summed E-state index contributed by atoms with van der Waals surface area (Å²) in [4.78, 5) is 13.5. The molecule has 20 heavy (non-hydrogen) atoms. The van der Waals surface area contributed by atoms with E-state index in [1.165, 1.54) is 28.4 Å². The van der Waals surface area contributed by atoms with Crippen molar-refractivity contribution < 1.29 is 9.90 Å². The van der Waals surface area contributed by atoms with Crippen molar-refractivity contribution in [3.63, 3.8) is 0 Å². The maximum atomic E-state index is 11.3. The van der Waals surface area contributed by atoms with Gasteiger partial charge in [0.05, 0.1) is 6.54 Å². The summed E-state index contributed by atoms with van der Waals surface area (Å²) in [5.41, 5.74) is 2.69. The number of rotatable bonds is 4. The number of carboxylic acid groups (broad SMARTS) is 1. The Morgan fingerprint density at radius 3 is 2.75 bits per heavy atom. The normalized spacial score (nSPS) is 22.4. The molecule has 1 N–H and O–H groups in total. The van der Waals surface area contributed by atoms with Gasteiger partial charge >= 0.3 is 5.97 Å². The monoisotopic (exact) mass is 337 g/mol. The number of halogens is 1. The summed E-state index contributed by atoms with van der Waals surface area (Å²) in [6.45, 7) is 0.168. The molecule has 3 rings (SSSR count). The second kappa shape index (κ2) is 5.86. The number of fused-ring (bicyclic) bond motifs is 1. The molecule has 3 nitrogen and oxygen atoms in total. The third-order valence-electron chi connectivity index (χ3n) is 4.69. The van der Waals surface area contributed by atoms with Gasteiger partial charge in [-0.2, -0.15) is 0 Å². The van der Waals surface area contributed by atoms with Crippen molar-refractivity contribution in [1.82, 2.24) is 4.90 Å². The summed E-state index contributed by atoms with van der Waals surface area (Å²) in [6, 6.07) is 7.04. The van der Waals surface area contributed by atoms with Crippen LogP contribution >= 0.6 is 15.9 Å². The molecule has 108 valence electrons. The quantitative estimate of drug-likeness (QED) is 0.909.